The minimum absolute atomic E-state index is 0.267. The molecule has 0 saturated carbocycles. The first kappa shape index (κ1) is 20.8. The first-order valence-corrected chi connectivity index (χ1v) is 8.45. The van der Waals surface area contributed by atoms with Crippen LogP contribution in [0.3, 0.4) is 0 Å². The van der Waals surface area contributed by atoms with Gasteiger partial charge in [-0.25, -0.2) is 14.2 Å². The van der Waals surface area contributed by atoms with Gasteiger partial charge in [0.05, 0.1) is 0 Å². The van der Waals surface area contributed by atoms with Crippen molar-refractivity contribution in [1.82, 2.24) is 5.32 Å². The standard InChI is InChI=1S/C19H27FN2O3/c1-6-9-15(22-18(24)25-19(3,4)5)17(23)21-12-14-11-8-7-10-13(2)16(14)20/h7,10-12,15H,6,8-9H2,1-5H3,(H,22,24)/t15-/m0/s1. The molecule has 1 rings (SSSR count). The van der Waals surface area contributed by atoms with Crippen LogP contribution in [0.5, 0.6) is 0 Å². The van der Waals surface area contributed by atoms with Gasteiger partial charge in [-0.05, 0) is 46.1 Å². The van der Waals surface area contributed by atoms with Gasteiger partial charge in [0.15, 0.2) is 0 Å². The van der Waals surface area contributed by atoms with Crippen LogP contribution in [0.25, 0.3) is 0 Å². The molecule has 0 aromatic carbocycles. The topological polar surface area (TPSA) is 67.8 Å². The van der Waals surface area contributed by atoms with Gasteiger partial charge in [0.1, 0.15) is 17.5 Å². The Balaban J connectivity index is 2.81. The van der Waals surface area contributed by atoms with E-state index < -0.39 is 29.5 Å². The number of carbonyl (C=O) groups is 2. The number of nitrogens with zero attached hydrogens (tertiary/aromatic N) is 1. The number of hydrogen-bond donors (Lipinski definition) is 1. The fraction of sp³-hybridized carbons (Fsp3) is 0.526. The van der Waals surface area contributed by atoms with E-state index in [0.29, 0.717) is 24.8 Å². The van der Waals surface area contributed by atoms with Crippen molar-refractivity contribution in [3.05, 3.63) is 35.2 Å². The zero-order valence-corrected chi connectivity index (χ0v) is 15.6. The molecule has 0 aromatic heterocycles. The van der Waals surface area contributed by atoms with Crippen LogP contribution in [0.1, 0.15) is 53.9 Å². The number of hydrogen-bond acceptors (Lipinski definition) is 3. The van der Waals surface area contributed by atoms with Gasteiger partial charge in [-0.1, -0.05) is 31.6 Å². The number of carbonyl (C=O) groups excluding carboxylic acids is 2. The van der Waals surface area contributed by atoms with Gasteiger partial charge in [-0.15, -0.1) is 0 Å². The summed E-state index contributed by atoms with van der Waals surface area (Å²) < 4.78 is 19.3. The van der Waals surface area contributed by atoms with Crippen LogP contribution >= 0.6 is 0 Å². The van der Waals surface area contributed by atoms with Crippen molar-refractivity contribution in [2.75, 3.05) is 0 Å². The first-order valence-electron chi connectivity index (χ1n) is 8.45. The van der Waals surface area contributed by atoms with Crippen molar-refractivity contribution >= 4 is 18.2 Å². The number of amides is 2. The second-order valence-corrected chi connectivity index (χ2v) is 6.88. The quantitative estimate of drug-likeness (QED) is 0.747. The second-order valence-electron chi connectivity index (χ2n) is 6.88. The molecule has 0 fully saturated rings. The van der Waals surface area contributed by atoms with E-state index in [1.54, 1.807) is 39.8 Å². The highest BCUT2D eigenvalue weighted by atomic mass is 19.1. The molecule has 138 valence electrons. The fourth-order valence-electron chi connectivity index (χ4n) is 2.16. The maximum Gasteiger partial charge on any atom is 0.408 e. The number of alkyl carbamates (subject to hydrolysis) is 1. The average molecular weight is 350 g/mol. The molecule has 2 amide bonds. The van der Waals surface area contributed by atoms with E-state index in [4.69, 9.17) is 4.74 Å². The molecule has 0 radical (unpaired) electrons. The number of ether oxygens (including phenoxy) is 1. The molecule has 25 heavy (non-hydrogen) atoms. The Labute approximate surface area is 148 Å². The summed E-state index contributed by atoms with van der Waals surface area (Å²) in [6, 6.07) is -0.797. The van der Waals surface area contributed by atoms with Crippen molar-refractivity contribution in [3.8, 4) is 0 Å². The van der Waals surface area contributed by atoms with Crippen molar-refractivity contribution in [3.63, 3.8) is 0 Å². The number of allylic oxidation sites excluding steroid dienone is 6. The minimum Gasteiger partial charge on any atom is -0.444 e. The molecule has 1 atom stereocenters. The lowest BCUT2D eigenvalue weighted by Gasteiger charge is -2.22. The van der Waals surface area contributed by atoms with Crippen LogP contribution in [0.15, 0.2) is 40.2 Å². The SMILES string of the molecule is CCC[C@H](NC(=O)OC(C)(C)C)C(=O)N=CC1=CCC=CC(C)=C1F. The van der Waals surface area contributed by atoms with E-state index in [-0.39, 0.29) is 5.57 Å². The molecule has 0 aliphatic heterocycles. The molecule has 6 heteroatoms. The summed E-state index contributed by atoms with van der Waals surface area (Å²) in [5.74, 6) is -0.936. The molecule has 0 spiro atoms. The fourth-order valence-corrected chi connectivity index (χ4v) is 2.16. The Kier molecular flexibility index (Phi) is 7.74. The Morgan fingerprint density at radius 1 is 1.44 bits per heavy atom. The van der Waals surface area contributed by atoms with Crippen molar-refractivity contribution < 1.29 is 18.7 Å². The van der Waals surface area contributed by atoms with E-state index >= 15 is 0 Å². The molecule has 0 saturated heterocycles. The average Bonchev–Trinajstić information content (AvgIpc) is 2.65. The summed E-state index contributed by atoms with van der Waals surface area (Å²) in [5, 5.41) is 2.53. The Bertz CT molecular complexity index is 625. The van der Waals surface area contributed by atoms with Gasteiger partial charge in [-0.2, -0.15) is 0 Å². The largest absolute Gasteiger partial charge is 0.444 e. The molecule has 0 bridgehead atoms. The second kappa shape index (κ2) is 9.30. The van der Waals surface area contributed by atoms with Crippen LogP contribution < -0.4 is 5.32 Å². The molecule has 0 heterocycles. The van der Waals surface area contributed by atoms with Crippen LogP contribution in [0, 0.1) is 0 Å². The highest BCUT2D eigenvalue weighted by molar-refractivity contribution is 5.97. The van der Waals surface area contributed by atoms with Crippen molar-refractivity contribution in [2.24, 2.45) is 4.99 Å². The summed E-state index contributed by atoms with van der Waals surface area (Å²) in [5.41, 5.74) is 0.0968. The first-order chi connectivity index (χ1) is 11.6. The summed E-state index contributed by atoms with van der Waals surface area (Å²) in [6.07, 6.45) is 7.40. The van der Waals surface area contributed by atoms with Gasteiger partial charge in [0, 0.05) is 11.8 Å². The normalized spacial score (nSPS) is 16.5. The number of nitrogens with one attached hydrogen (secondary N) is 1. The lowest BCUT2D eigenvalue weighted by molar-refractivity contribution is -0.119. The smallest absolute Gasteiger partial charge is 0.408 e. The highest BCUT2D eigenvalue weighted by Gasteiger charge is 2.23. The summed E-state index contributed by atoms with van der Waals surface area (Å²) in [6.45, 7) is 8.78. The lowest BCUT2D eigenvalue weighted by atomic mass is 10.1. The summed E-state index contributed by atoms with van der Waals surface area (Å²) in [4.78, 5) is 28.0. The number of halogens is 1. The van der Waals surface area contributed by atoms with E-state index in [2.05, 4.69) is 10.3 Å². The van der Waals surface area contributed by atoms with Crippen LogP contribution in [0.2, 0.25) is 0 Å². The van der Waals surface area contributed by atoms with Gasteiger partial charge in [0.2, 0.25) is 0 Å². The molecular weight excluding hydrogens is 323 g/mol. The summed E-state index contributed by atoms with van der Waals surface area (Å²) >= 11 is 0. The van der Waals surface area contributed by atoms with Crippen LogP contribution in [-0.4, -0.2) is 29.9 Å². The lowest BCUT2D eigenvalue weighted by Crippen LogP contribution is -2.43. The predicted octanol–water partition coefficient (Wildman–Crippen LogP) is 4.41. The maximum absolute atomic E-state index is 14.2. The van der Waals surface area contributed by atoms with Gasteiger partial charge in [0.25, 0.3) is 5.91 Å². The molecule has 1 N–H and O–H groups in total. The van der Waals surface area contributed by atoms with E-state index in [1.807, 2.05) is 13.0 Å². The predicted molar refractivity (Wildman–Crippen MR) is 97.2 cm³/mol. The maximum atomic E-state index is 14.2. The third-order valence-corrected chi connectivity index (χ3v) is 3.34. The third-order valence-electron chi connectivity index (χ3n) is 3.34. The Hall–Kier alpha value is -2.24. The molecular formula is C19H27FN2O3. The Morgan fingerprint density at radius 2 is 2.12 bits per heavy atom. The molecule has 0 aromatic rings. The van der Waals surface area contributed by atoms with Crippen LogP contribution in [-0.2, 0) is 9.53 Å². The van der Waals surface area contributed by atoms with Gasteiger partial charge >= 0.3 is 6.09 Å². The van der Waals surface area contributed by atoms with Gasteiger partial charge < -0.3 is 10.1 Å². The third kappa shape index (κ3) is 7.45. The molecule has 1 aliphatic rings. The number of rotatable bonds is 5. The van der Waals surface area contributed by atoms with Crippen molar-refractivity contribution in [2.45, 2.75) is 65.5 Å². The monoisotopic (exact) mass is 350 g/mol. The molecule has 1 aliphatic carbocycles. The number of aliphatic imine (C=N–C) groups is 1. The van der Waals surface area contributed by atoms with Crippen molar-refractivity contribution in [1.29, 1.82) is 0 Å². The zero-order valence-electron chi connectivity index (χ0n) is 15.6. The van der Waals surface area contributed by atoms with E-state index in [9.17, 15) is 14.0 Å². The Morgan fingerprint density at radius 3 is 2.72 bits per heavy atom. The highest BCUT2D eigenvalue weighted by Crippen LogP contribution is 2.20. The molecule has 5 nitrogen and oxygen atoms in total. The van der Waals surface area contributed by atoms with E-state index in [0.717, 1.165) is 0 Å². The zero-order chi connectivity index (χ0) is 19.0. The summed E-state index contributed by atoms with van der Waals surface area (Å²) in [7, 11) is 0. The van der Waals surface area contributed by atoms with Crippen LogP contribution in [0.4, 0.5) is 9.18 Å². The molecule has 0 unspecified atom stereocenters. The van der Waals surface area contributed by atoms with E-state index in [1.165, 1.54) is 6.21 Å². The minimum atomic E-state index is -0.797. The van der Waals surface area contributed by atoms with Gasteiger partial charge in [-0.3, -0.25) is 4.79 Å².